The SMILES string of the molecule is O=C(Cn1cc(Cl)cc(Cl)c1=O)Nc1ccccc1F. The van der Waals surface area contributed by atoms with E-state index in [9.17, 15) is 14.0 Å². The molecule has 1 amide bonds. The van der Waals surface area contributed by atoms with E-state index in [0.29, 0.717) is 0 Å². The number of para-hydroxylation sites is 1. The third kappa shape index (κ3) is 3.37. The molecule has 2 rings (SSSR count). The van der Waals surface area contributed by atoms with Crippen molar-refractivity contribution in [2.75, 3.05) is 5.32 Å². The molecule has 0 aliphatic carbocycles. The molecule has 0 radical (unpaired) electrons. The average molecular weight is 315 g/mol. The monoisotopic (exact) mass is 314 g/mol. The normalized spacial score (nSPS) is 10.3. The number of anilines is 1. The Hall–Kier alpha value is -1.85. The standard InChI is InChI=1S/C13H9Cl2FN2O2/c14-8-5-9(15)13(20)18(6-8)7-12(19)17-11-4-2-1-3-10(11)16/h1-6H,7H2,(H,17,19). The molecule has 0 unspecified atom stereocenters. The average Bonchev–Trinajstić information content (AvgIpc) is 2.38. The lowest BCUT2D eigenvalue weighted by atomic mass is 10.3. The highest BCUT2D eigenvalue weighted by atomic mass is 35.5. The Balaban J connectivity index is 2.17. The molecule has 104 valence electrons. The Labute approximate surface area is 123 Å². The first-order valence-electron chi connectivity index (χ1n) is 5.57. The van der Waals surface area contributed by atoms with Crippen molar-refractivity contribution in [3.8, 4) is 0 Å². The largest absolute Gasteiger partial charge is 0.322 e. The number of nitrogens with zero attached hydrogens (tertiary/aromatic N) is 1. The van der Waals surface area contributed by atoms with Crippen LogP contribution in [0.2, 0.25) is 10.0 Å². The molecule has 0 spiro atoms. The fourth-order valence-electron chi connectivity index (χ4n) is 1.59. The summed E-state index contributed by atoms with van der Waals surface area (Å²) in [7, 11) is 0. The van der Waals surface area contributed by atoms with Gasteiger partial charge in [0.15, 0.2) is 0 Å². The van der Waals surface area contributed by atoms with E-state index in [2.05, 4.69) is 5.32 Å². The number of carbonyl (C=O) groups is 1. The molecule has 1 N–H and O–H groups in total. The quantitative estimate of drug-likeness (QED) is 0.947. The van der Waals surface area contributed by atoms with Gasteiger partial charge in [0.1, 0.15) is 17.4 Å². The molecule has 0 bridgehead atoms. The lowest BCUT2D eigenvalue weighted by Crippen LogP contribution is -2.27. The van der Waals surface area contributed by atoms with E-state index >= 15 is 0 Å². The molecule has 0 fully saturated rings. The van der Waals surface area contributed by atoms with Crippen LogP contribution in [-0.4, -0.2) is 10.5 Å². The van der Waals surface area contributed by atoms with Crippen molar-refractivity contribution in [1.82, 2.24) is 4.57 Å². The van der Waals surface area contributed by atoms with Crippen molar-refractivity contribution in [3.63, 3.8) is 0 Å². The number of pyridine rings is 1. The van der Waals surface area contributed by atoms with Gasteiger partial charge in [-0.05, 0) is 18.2 Å². The topological polar surface area (TPSA) is 51.1 Å². The van der Waals surface area contributed by atoms with E-state index in [-0.39, 0.29) is 22.3 Å². The van der Waals surface area contributed by atoms with E-state index in [1.807, 2.05) is 0 Å². The summed E-state index contributed by atoms with van der Waals surface area (Å²) >= 11 is 11.4. The second-order valence-electron chi connectivity index (χ2n) is 3.97. The Kier molecular flexibility index (Phi) is 4.42. The Morgan fingerprint density at radius 2 is 2.00 bits per heavy atom. The van der Waals surface area contributed by atoms with Gasteiger partial charge in [0.2, 0.25) is 5.91 Å². The number of benzene rings is 1. The van der Waals surface area contributed by atoms with E-state index in [1.165, 1.54) is 30.5 Å². The van der Waals surface area contributed by atoms with Gasteiger partial charge in [-0.15, -0.1) is 0 Å². The number of aromatic nitrogens is 1. The predicted molar refractivity (Wildman–Crippen MR) is 75.8 cm³/mol. The van der Waals surface area contributed by atoms with Crippen LogP contribution in [0.25, 0.3) is 0 Å². The number of carbonyl (C=O) groups excluding carboxylic acids is 1. The lowest BCUT2D eigenvalue weighted by Gasteiger charge is -2.08. The summed E-state index contributed by atoms with van der Waals surface area (Å²) in [6.07, 6.45) is 1.29. The summed E-state index contributed by atoms with van der Waals surface area (Å²) in [6, 6.07) is 7.02. The maximum Gasteiger partial charge on any atom is 0.269 e. The van der Waals surface area contributed by atoms with Gasteiger partial charge in [0.25, 0.3) is 5.56 Å². The second kappa shape index (κ2) is 6.07. The van der Waals surface area contributed by atoms with Gasteiger partial charge >= 0.3 is 0 Å². The van der Waals surface area contributed by atoms with Gasteiger partial charge in [-0.1, -0.05) is 35.3 Å². The fraction of sp³-hybridized carbons (Fsp3) is 0.0769. The molecule has 1 aromatic carbocycles. The van der Waals surface area contributed by atoms with Crippen LogP contribution in [0.1, 0.15) is 0 Å². The Bertz CT molecular complexity index is 716. The maximum atomic E-state index is 13.4. The van der Waals surface area contributed by atoms with Crippen LogP contribution in [0.5, 0.6) is 0 Å². The fourth-order valence-corrected chi connectivity index (χ4v) is 2.10. The molecule has 0 saturated heterocycles. The number of hydrogen-bond acceptors (Lipinski definition) is 2. The van der Waals surface area contributed by atoms with Crippen LogP contribution >= 0.6 is 23.2 Å². The van der Waals surface area contributed by atoms with Crippen molar-refractivity contribution in [1.29, 1.82) is 0 Å². The Morgan fingerprint density at radius 1 is 1.30 bits per heavy atom. The van der Waals surface area contributed by atoms with Gasteiger partial charge in [-0.3, -0.25) is 9.59 Å². The molecule has 4 nitrogen and oxygen atoms in total. The molecule has 0 atom stereocenters. The minimum atomic E-state index is -0.560. The molecule has 1 aromatic heterocycles. The zero-order chi connectivity index (χ0) is 14.7. The van der Waals surface area contributed by atoms with Crippen molar-refractivity contribution in [2.45, 2.75) is 6.54 Å². The van der Waals surface area contributed by atoms with Gasteiger partial charge in [0.05, 0.1) is 10.7 Å². The Morgan fingerprint density at radius 3 is 2.70 bits per heavy atom. The molecular formula is C13H9Cl2FN2O2. The van der Waals surface area contributed by atoms with Crippen molar-refractivity contribution in [2.24, 2.45) is 0 Å². The highest BCUT2D eigenvalue weighted by Gasteiger charge is 2.10. The molecule has 20 heavy (non-hydrogen) atoms. The van der Waals surface area contributed by atoms with E-state index in [1.54, 1.807) is 6.07 Å². The van der Waals surface area contributed by atoms with Crippen LogP contribution in [0, 0.1) is 5.82 Å². The number of halogens is 3. The molecule has 0 aliphatic rings. The molecule has 0 saturated carbocycles. The van der Waals surface area contributed by atoms with Crippen molar-refractivity contribution in [3.05, 3.63) is 62.7 Å². The summed E-state index contributed by atoms with van der Waals surface area (Å²) in [5.41, 5.74) is -0.501. The molecular weight excluding hydrogens is 306 g/mol. The third-order valence-corrected chi connectivity index (χ3v) is 2.95. The number of rotatable bonds is 3. The zero-order valence-electron chi connectivity index (χ0n) is 10.1. The van der Waals surface area contributed by atoms with Crippen LogP contribution in [0.15, 0.2) is 41.3 Å². The van der Waals surface area contributed by atoms with Gasteiger partial charge in [-0.25, -0.2) is 4.39 Å². The van der Waals surface area contributed by atoms with Crippen LogP contribution in [0.3, 0.4) is 0 Å². The smallest absolute Gasteiger partial charge is 0.269 e. The van der Waals surface area contributed by atoms with Gasteiger partial charge in [0, 0.05) is 6.20 Å². The minimum absolute atomic E-state index is 0.0404. The summed E-state index contributed by atoms with van der Waals surface area (Å²) in [5, 5.41) is 2.51. The highest BCUT2D eigenvalue weighted by Crippen LogP contribution is 2.13. The molecule has 1 heterocycles. The summed E-state index contributed by atoms with van der Waals surface area (Å²) in [5.74, 6) is -1.12. The second-order valence-corrected chi connectivity index (χ2v) is 4.81. The lowest BCUT2D eigenvalue weighted by molar-refractivity contribution is -0.116. The van der Waals surface area contributed by atoms with Crippen LogP contribution < -0.4 is 10.9 Å². The van der Waals surface area contributed by atoms with Crippen molar-refractivity contribution >= 4 is 34.8 Å². The number of hydrogen-bond donors (Lipinski definition) is 1. The number of nitrogens with one attached hydrogen (secondary N) is 1. The maximum absolute atomic E-state index is 13.4. The first kappa shape index (κ1) is 14.6. The first-order valence-corrected chi connectivity index (χ1v) is 6.33. The van der Waals surface area contributed by atoms with Crippen LogP contribution in [-0.2, 0) is 11.3 Å². The minimum Gasteiger partial charge on any atom is -0.322 e. The summed E-state index contributed by atoms with van der Waals surface area (Å²) < 4.78 is 14.4. The number of amides is 1. The summed E-state index contributed by atoms with van der Waals surface area (Å²) in [6.45, 7) is -0.312. The molecule has 7 heteroatoms. The van der Waals surface area contributed by atoms with Gasteiger partial charge < -0.3 is 9.88 Å². The molecule has 0 aliphatic heterocycles. The van der Waals surface area contributed by atoms with E-state index in [4.69, 9.17) is 23.2 Å². The van der Waals surface area contributed by atoms with Gasteiger partial charge in [-0.2, -0.15) is 0 Å². The van der Waals surface area contributed by atoms with Crippen LogP contribution in [0.4, 0.5) is 10.1 Å². The predicted octanol–water partition coefficient (Wildman–Crippen LogP) is 2.93. The summed E-state index contributed by atoms with van der Waals surface area (Å²) in [4.78, 5) is 23.5. The third-order valence-electron chi connectivity index (χ3n) is 2.47. The zero-order valence-corrected chi connectivity index (χ0v) is 11.6. The highest BCUT2D eigenvalue weighted by molar-refractivity contribution is 6.34. The van der Waals surface area contributed by atoms with Crippen molar-refractivity contribution < 1.29 is 9.18 Å². The molecule has 2 aromatic rings. The van der Waals surface area contributed by atoms with E-state index < -0.39 is 17.3 Å². The van der Waals surface area contributed by atoms with E-state index in [0.717, 1.165) is 4.57 Å². The first-order chi connectivity index (χ1) is 9.47.